The summed E-state index contributed by atoms with van der Waals surface area (Å²) in [6.45, 7) is 7.02. The van der Waals surface area contributed by atoms with E-state index in [9.17, 15) is 0 Å². The largest absolute Gasteiger partial charge is 0.377 e. The Morgan fingerprint density at radius 1 is 1.42 bits per heavy atom. The van der Waals surface area contributed by atoms with Gasteiger partial charge in [-0.15, -0.1) is 0 Å². The third kappa shape index (κ3) is 4.60. The van der Waals surface area contributed by atoms with Crippen LogP contribution in [0.1, 0.15) is 45.0 Å². The molecule has 1 aromatic rings. The van der Waals surface area contributed by atoms with E-state index >= 15 is 0 Å². The van der Waals surface area contributed by atoms with Crippen molar-refractivity contribution in [3.8, 4) is 0 Å². The Labute approximate surface area is 116 Å². The van der Waals surface area contributed by atoms with Crippen LogP contribution in [0.2, 0.25) is 0 Å². The van der Waals surface area contributed by atoms with Crippen LogP contribution in [0.5, 0.6) is 0 Å². The van der Waals surface area contributed by atoms with Gasteiger partial charge in [0.1, 0.15) is 0 Å². The maximum atomic E-state index is 5.81. The molecular formula is C14H28N4O. The number of aromatic nitrogens is 2. The Hall–Kier alpha value is -0.910. The second-order valence-corrected chi connectivity index (χ2v) is 4.86. The highest BCUT2D eigenvalue weighted by Gasteiger charge is 2.22. The van der Waals surface area contributed by atoms with Crippen LogP contribution in [0, 0.1) is 0 Å². The van der Waals surface area contributed by atoms with Crippen molar-refractivity contribution >= 4 is 0 Å². The van der Waals surface area contributed by atoms with Gasteiger partial charge in [0.2, 0.25) is 0 Å². The van der Waals surface area contributed by atoms with Crippen LogP contribution in [-0.2, 0) is 24.6 Å². The molecule has 0 radical (unpaired) electrons. The Bertz CT molecular complexity index is 358. The van der Waals surface area contributed by atoms with Crippen molar-refractivity contribution < 1.29 is 4.74 Å². The summed E-state index contributed by atoms with van der Waals surface area (Å²) >= 11 is 0. The van der Waals surface area contributed by atoms with Gasteiger partial charge in [-0.3, -0.25) is 16.0 Å². The molecule has 3 N–H and O–H groups in total. The topological polar surface area (TPSA) is 65.1 Å². The second-order valence-electron chi connectivity index (χ2n) is 4.86. The maximum Gasteiger partial charge on any atom is 0.0745 e. The maximum absolute atomic E-state index is 5.81. The van der Waals surface area contributed by atoms with Crippen molar-refractivity contribution in [1.29, 1.82) is 0 Å². The predicted molar refractivity (Wildman–Crippen MR) is 77.7 cm³/mol. The molecule has 5 nitrogen and oxygen atoms in total. The number of nitrogens with one attached hydrogen (secondary N) is 1. The molecule has 2 atom stereocenters. The number of hydrogen-bond donors (Lipinski definition) is 2. The highest BCUT2D eigenvalue weighted by Crippen LogP contribution is 2.13. The molecule has 0 aromatic carbocycles. The molecule has 110 valence electrons. The SMILES string of the molecule is CCCC(OCC)C(Cc1cc(CC)nn1C)NN. The summed E-state index contributed by atoms with van der Waals surface area (Å²) in [5, 5.41) is 4.48. The molecule has 0 aliphatic heterocycles. The number of hydrazine groups is 1. The summed E-state index contributed by atoms with van der Waals surface area (Å²) in [6.07, 6.45) is 4.05. The fraction of sp³-hybridized carbons (Fsp3) is 0.786. The summed E-state index contributed by atoms with van der Waals surface area (Å²) in [4.78, 5) is 0. The van der Waals surface area contributed by atoms with Crippen molar-refractivity contribution in [3.63, 3.8) is 0 Å². The molecule has 1 heterocycles. The average Bonchev–Trinajstić information content (AvgIpc) is 2.76. The van der Waals surface area contributed by atoms with Gasteiger partial charge >= 0.3 is 0 Å². The van der Waals surface area contributed by atoms with Crippen LogP contribution in [0.4, 0.5) is 0 Å². The lowest BCUT2D eigenvalue weighted by atomic mass is 10.0. The van der Waals surface area contributed by atoms with Gasteiger partial charge in [0.15, 0.2) is 0 Å². The third-order valence-corrected chi connectivity index (χ3v) is 3.44. The Kier molecular flexibility index (Phi) is 7.05. The predicted octanol–water partition coefficient (Wildman–Crippen LogP) is 1.56. The van der Waals surface area contributed by atoms with Gasteiger partial charge in [0, 0.05) is 25.8 Å². The molecule has 0 saturated heterocycles. The number of aryl methyl sites for hydroxylation is 2. The van der Waals surface area contributed by atoms with Crippen LogP contribution in [0.15, 0.2) is 6.07 Å². The average molecular weight is 268 g/mol. The summed E-state index contributed by atoms with van der Waals surface area (Å²) in [6, 6.07) is 2.28. The first kappa shape index (κ1) is 16.1. The molecule has 1 rings (SSSR count). The number of nitrogens with zero attached hydrogens (tertiary/aromatic N) is 2. The van der Waals surface area contributed by atoms with Gasteiger partial charge in [-0.05, 0) is 25.8 Å². The Morgan fingerprint density at radius 3 is 2.63 bits per heavy atom. The number of hydrogen-bond acceptors (Lipinski definition) is 4. The smallest absolute Gasteiger partial charge is 0.0745 e. The van der Waals surface area contributed by atoms with E-state index < -0.39 is 0 Å². The minimum atomic E-state index is 0.125. The summed E-state index contributed by atoms with van der Waals surface area (Å²) in [5.74, 6) is 5.71. The van der Waals surface area contributed by atoms with Crippen molar-refractivity contribution in [1.82, 2.24) is 15.2 Å². The molecule has 0 spiro atoms. The van der Waals surface area contributed by atoms with E-state index in [1.165, 1.54) is 5.69 Å². The fourth-order valence-corrected chi connectivity index (χ4v) is 2.36. The normalized spacial score (nSPS) is 14.6. The number of nitrogens with two attached hydrogens (primary N) is 1. The molecule has 0 aliphatic carbocycles. The quantitative estimate of drug-likeness (QED) is 0.527. The molecular weight excluding hydrogens is 240 g/mol. The molecule has 0 aliphatic rings. The van der Waals surface area contributed by atoms with E-state index in [4.69, 9.17) is 10.6 Å². The fourth-order valence-electron chi connectivity index (χ4n) is 2.36. The Morgan fingerprint density at radius 2 is 2.16 bits per heavy atom. The van der Waals surface area contributed by atoms with Crippen LogP contribution in [0.25, 0.3) is 0 Å². The minimum Gasteiger partial charge on any atom is -0.377 e. The lowest BCUT2D eigenvalue weighted by molar-refractivity contribution is 0.0277. The molecule has 0 amide bonds. The second kappa shape index (κ2) is 8.30. The van der Waals surface area contributed by atoms with Gasteiger partial charge in [0.05, 0.1) is 17.8 Å². The van der Waals surface area contributed by atoms with E-state index in [-0.39, 0.29) is 12.1 Å². The van der Waals surface area contributed by atoms with Gasteiger partial charge in [-0.1, -0.05) is 20.3 Å². The van der Waals surface area contributed by atoms with Crippen molar-refractivity contribution in [2.75, 3.05) is 6.61 Å². The van der Waals surface area contributed by atoms with E-state index in [0.717, 1.165) is 31.4 Å². The summed E-state index contributed by atoms with van der Waals surface area (Å²) in [5.41, 5.74) is 5.23. The van der Waals surface area contributed by atoms with E-state index in [1.807, 2.05) is 18.7 Å². The van der Waals surface area contributed by atoms with Gasteiger partial charge in [-0.25, -0.2) is 0 Å². The zero-order valence-corrected chi connectivity index (χ0v) is 12.6. The first-order valence-electron chi connectivity index (χ1n) is 7.25. The molecule has 1 aromatic heterocycles. The van der Waals surface area contributed by atoms with Gasteiger partial charge < -0.3 is 4.74 Å². The van der Waals surface area contributed by atoms with E-state index in [1.54, 1.807) is 0 Å². The lowest BCUT2D eigenvalue weighted by Crippen LogP contribution is -2.47. The van der Waals surface area contributed by atoms with Gasteiger partial charge in [0.25, 0.3) is 0 Å². The standard InChI is InChI=1S/C14H28N4O/c1-5-8-14(19-7-3)13(16-15)10-12-9-11(6-2)17-18(12)4/h9,13-14,16H,5-8,10,15H2,1-4H3. The molecule has 0 saturated carbocycles. The highest BCUT2D eigenvalue weighted by molar-refractivity contribution is 5.12. The zero-order chi connectivity index (χ0) is 14.3. The summed E-state index contributed by atoms with van der Waals surface area (Å²) in [7, 11) is 1.98. The highest BCUT2D eigenvalue weighted by atomic mass is 16.5. The van der Waals surface area contributed by atoms with Crippen molar-refractivity contribution in [3.05, 3.63) is 17.5 Å². The Balaban J connectivity index is 2.75. The van der Waals surface area contributed by atoms with Crippen LogP contribution >= 0.6 is 0 Å². The first-order valence-corrected chi connectivity index (χ1v) is 7.25. The minimum absolute atomic E-state index is 0.125. The number of ether oxygens (including phenoxy) is 1. The molecule has 0 fully saturated rings. The monoisotopic (exact) mass is 268 g/mol. The van der Waals surface area contributed by atoms with Crippen molar-refractivity contribution in [2.45, 2.75) is 58.6 Å². The first-order chi connectivity index (χ1) is 9.15. The van der Waals surface area contributed by atoms with Crippen LogP contribution < -0.4 is 11.3 Å². The molecule has 19 heavy (non-hydrogen) atoms. The number of rotatable bonds is 9. The molecule has 5 heteroatoms. The third-order valence-electron chi connectivity index (χ3n) is 3.44. The zero-order valence-electron chi connectivity index (χ0n) is 12.6. The lowest BCUT2D eigenvalue weighted by Gasteiger charge is -2.26. The van der Waals surface area contributed by atoms with Crippen molar-refractivity contribution in [2.24, 2.45) is 12.9 Å². The van der Waals surface area contributed by atoms with Crippen LogP contribution in [0.3, 0.4) is 0 Å². The van der Waals surface area contributed by atoms with Gasteiger partial charge in [-0.2, -0.15) is 5.10 Å². The van der Waals surface area contributed by atoms with Crippen LogP contribution in [-0.4, -0.2) is 28.5 Å². The van der Waals surface area contributed by atoms with E-state index in [2.05, 4.69) is 30.4 Å². The molecule has 0 bridgehead atoms. The summed E-state index contributed by atoms with van der Waals surface area (Å²) < 4.78 is 7.75. The molecule has 2 unspecified atom stereocenters. The van der Waals surface area contributed by atoms with E-state index in [0.29, 0.717) is 6.61 Å².